The number of hydrogen-bond donors (Lipinski definition) is 5. The molecule has 3 atom stereocenters. The smallest absolute Gasteiger partial charge is 0.126 e. The van der Waals surface area contributed by atoms with E-state index in [4.69, 9.17) is 11.5 Å². The monoisotopic (exact) mass is 330 g/mol. The highest BCUT2D eigenvalue weighted by atomic mass is 16.3. The summed E-state index contributed by atoms with van der Waals surface area (Å²) in [5.74, 6) is 0. The molecule has 0 fully saturated rings. The van der Waals surface area contributed by atoms with E-state index in [1.54, 1.807) is 26.0 Å². The lowest BCUT2D eigenvalue weighted by atomic mass is 10.0. The van der Waals surface area contributed by atoms with Gasteiger partial charge in [-0.05, 0) is 68.8 Å². The number of anilines is 4. The molecule has 3 unspecified atom stereocenters. The van der Waals surface area contributed by atoms with E-state index in [0.717, 1.165) is 16.9 Å². The average molecular weight is 330 g/mol. The molecule has 0 aromatic heterocycles. The molecule has 24 heavy (non-hydrogen) atoms. The van der Waals surface area contributed by atoms with Crippen molar-refractivity contribution in [1.82, 2.24) is 0 Å². The lowest BCUT2D eigenvalue weighted by Gasteiger charge is -2.30. The second-order valence-electron chi connectivity index (χ2n) is 5.97. The van der Waals surface area contributed by atoms with Crippen LogP contribution < -0.4 is 21.7 Å². The molecule has 0 amide bonds. The Hall–Kier alpha value is -2.44. The standard InChI is InChI=1S/C18H26N4O2/c1-11(17-10-14(19)4-9-18(17)20)21-15-5-7-16(8-6-15)22(12(2)23)13(3)24/h4-13,21,23-24H,19-20H2,1-3H3. The summed E-state index contributed by atoms with van der Waals surface area (Å²) >= 11 is 0. The molecule has 0 saturated carbocycles. The first-order valence-corrected chi connectivity index (χ1v) is 7.95. The van der Waals surface area contributed by atoms with Crippen molar-refractivity contribution in [3.63, 3.8) is 0 Å². The topological polar surface area (TPSA) is 108 Å². The first-order valence-electron chi connectivity index (χ1n) is 7.95. The Labute approximate surface area is 142 Å². The molecular formula is C18H26N4O2. The Morgan fingerprint density at radius 1 is 0.917 bits per heavy atom. The maximum atomic E-state index is 9.78. The molecule has 7 N–H and O–H groups in total. The number of nitrogens with two attached hydrogens (primary N) is 2. The van der Waals surface area contributed by atoms with Crippen molar-refractivity contribution in [3.05, 3.63) is 48.0 Å². The summed E-state index contributed by atoms with van der Waals surface area (Å²) in [4.78, 5) is 1.52. The van der Waals surface area contributed by atoms with Crippen LogP contribution in [0.4, 0.5) is 22.7 Å². The van der Waals surface area contributed by atoms with Gasteiger partial charge < -0.3 is 31.9 Å². The van der Waals surface area contributed by atoms with Crippen molar-refractivity contribution in [2.75, 3.05) is 21.7 Å². The molecule has 0 bridgehead atoms. The molecule has 6 nitrogen and oxygen atoms in total. The number of aliphatic hydroxyl groups excluding tert-OH is 2. The van der Waals surface area contributed by atoms with Crippen molar-refractivity contribution < 1.29 is 10.2 Å². The normalized spacial score (nSPS) is 14.7. The molecule has 0 saturated heterocycles. The summed E-state index contributed by atoms with van der Waals surface area (Å²) in [5, 5.41) is 22.9. The van der Waals surface area contributed by atoms with Crippen LogP contribution in [0, 0.1) is 0 Å². The zero-order valence-electron chi connectivity index (χ0n) is 14.3. The maximum absolute atomic E-state index is 9.78. The fraction of sp³-hybridized carbons (Fsp3) is 0.333. The molecule has 2 aromatic carbocycles. The van der Waals surface area contributed by atoms with E-state index >= 15 is 0 Å². The van der Waals surface area contributed by atoms with Crippen LogP contribution in [-0.2, 0) is 0 Å². The molecule has 0 spiro atoms. The first kappa shape index (κ1) is 17.9. The van der Waals surface area contributed by atoms with Gasteiger partial charge in [0, 0.05) is 22.7 Å². The first-order chi connectivity index (χ1) is 11.3. The Morgan fingerprint density at radius 2 is 1.50 bits per heavy atom. The SMILES string of the molecule is CC(Nc1ccc(N(C(C)O)C(C)O)cc1)c1cc(N)ccc1N. The van der Waals surface area contributed by atoms with E-state index in [1.165, 1.54) is 4.90 Å². The summed E-state index contributed by atoms with van der Waals surface area (Å²) < 4.78 is 0. The Morgan fingerprint density at radius 3 is 2.04 bits per heavy atom. The highest BCUT2D eigenvalue weighted by Crippen LogP contribution is 2.27. The van der Waals surface area contributed by atoms with Gasteiger partial charge in [-0.25, -0.2) is 0 Å². The van der Waals surface area contributed by atoms with Crippen molar-refractivity contribution in [1.29, 1.82) is 0 Å². The molecule has 2 rings (SSSR count). The van der Waals surface area contributed by atoms with E-state index in [1.807, 2.05) is 37.3 Å². The Balaban J connectivity index is 2.15. The van der Waals surface area contributed by atoms with Crippen molar-refractivity contribution >= 4 is 22.7 Å². The molecule has 0 heterocycles. The predicted octanol–water partition coefficient (Wildman–Crippen LogP) is 2.51. The molecule has 0 aliphatic rings. The van der Waals surface area contributed by atoms with E-state index in [-0.39, 0.29) is 6.04 Å². The van der Waals surface area contributed by atoms with Gasteiger partial charge in [0.15, 0.2) is 0 Å². The quantitative estimate of drug-likeness (QED) is 0.411. The zero-order chi connectivity index (χ0) is 17.9. The van der Waals surface area contributed by atoms with Gasteiger partial charge in [0.2, 0.25) is 0 Å². The van der Waals surface area contributed by atoms with Crippen LogP contribution in [0.5, 0.6) is 0 Å². The van der Waals surface area contributed by atoms with Crippen LogP contribution in [0.3, 0.4) is 0 Å². The largest absolute Gasteiger partial charge is 0.399 e. The number of nitrogens with zero attached hydrogens (tertiary/aromatic N) is 1. The molecule has 0 aliphatic carbocycles. The van der Waals surface area contributed by atoms with Crippen LogP contribution in [0.1, 0.15) is 32.4 Å². The minimum absolute atomic E-state index is 0.0102. The van der Waals surface area contributed by atoms with Crippen LogP contribution in [0.25, 0.3) is 0 Å². The highest BCUT2D eigenvalue weighted by Gasteiger charge is 2.17. The average Bonchev–Trinajstić information content (AvgIpc) is 2.50. The van der Waals surface area contributed by atoms with Crippen molar-refractivity contribution in [2.24, 2.45) is 0 Å². The third-order valence-corrected chi connectivity index (χ3v) is 3.93. The number of benzene rings is 2. The molecule has 6 heteroatoms. The van der Waals surface area contributed by atoms with Gasteiger partial charge in [0.05, 0.1) is 6.04 Å². The van der Waals surface area contributed by atoms with Gasteiger partial charge in [0.25, 0.3) is 0 Å². The fourth-order valence-electron chi connectivity index (χ4n) is 2.77. The third kappa shape index (κ3) is 4.10. The number of rotatable bonds is 6. The zero-order valence-corrected chi connectivity index (χ0v) is 14.3. The van der Waals surface area contributed by atoms with Crippen LogP contribution in [-0.4, -0.2) is 22.7 Å². The molecule has 2 aromatic rings. The summed E-state index contributed by atoms with van der Waals surface area (Å²) in [6, 6.07) is 12.9. The van der Waals surface area contributed by atoms with Gasteiger partial charge in [-0.1, -0.05) is 0 Å². The Kier molecular flexibility index (Phi) is 5.54. The second kappa shape index (κ2) is 7.42. The number of nitrogen functional groups attached to an aromatic ring is 2. The summed E-state index contributed by atoms with van der Waals surface area (Å²) in [7, 11) is 0. The van der Waals surface area contributed by atoms with Crippen LogP contribution >= 0.6 is 0 Å². The number of hydrogen-bond acceptors (Lipinski definition) is 6. The van der Waals surface area contributed by atoms with Gasteiger partial charge in [-0.15, -0.1) is 0 Å². The van der Waals surface area contributed by atoms with E-state index in [0.29, 0.717) is 11.4 Å². The lowest BCUT2D eigenvalue weighted by Crippen LogP contribution is -2.40. The molecular weight excluding hydrogens is 304 g/mol. The predicted molar refractivity (Wildman–Crippen MR) is 99.6 cm³/mol. The fourth-order valence-corrected chi connectivity index (χ4v) is 2.77. The lowest BCUT2D eigenvalue weighted by molar-refractivity contribution is 0.105. The van der Waals surface area contributed by atoms with Crippen LogP contribution in [0.2, 0.25) is 0 Å². The van der Waals surface area contributed by atoms with Crippen LogP contribution in [0.15, 0.2) is 42.5 Å². The minimum Gasteiger partial charge on any atom is -0.399 e. The number of aliphatic hydroxyl groups is 2. The summed E-state index contributed by atoms with van der Waals surface area (Å²) in [5.41, 5.74) is 15.8. The van der Waals surface area contributed by atoms with Crippen molar-refractivity contribution in [2.45, 2.75) is 39.3 Å². The molecule has 130 valence electrons. The highest BCUT2D eigenvalue weighted by molar-refractivity contribution is 5.60. The van der Waals surface area contributed by atoms with Gasteiger partial charge in [-0.2, -0.15) is 0 Å². The minimum atomic E-state index is -0.783. The Bertz CT molecular complexity index is 663. The van der Waals surface area contributed by atoms with Gasteiger partial charge >= 0.3 is 0 Å². The van der Waals surface area contributed by atoms with Crippen molar-refractivity contribution in [3.8, 4) is 0 Å². The number of nitrogens with one attached hydrogen (secondary N) is 1. The summed E-state index contributed by atoms with van der Waals surface area (Å²) in [6.07, 6.45) is -1.57. The van der Waals surface area contributed by atoms with Gasteiger partial charge in [-0.3, -0.25) is 0 Å². The van der Waals surface area contributed by atoms with E-state index in [2.05, 4.69) is 5.32 Å². The maximum Gasteiger partial charge on any atom is 0.126 e. The van der Waals surface area contributed by atoms with Gasteiger partial charge in [0.1, 0.15) is 12.5 Å². The third-order valence-electron chi connectivity index (χ3n) is 3.93. The molecule has 0 radical (unpaired) electrons. The van der Waals surface area contributed by atoms with E-state index in [9.17, 15) is 10.2 Å². The second-order valence-corrected chi connectivity index (χ2v) is 5.97. The molecule has 0 aliphatic heterocycles. The van der Waals surface area contributed by atoms with E-state index < -0.39 is 12.5 Å². The summed E-state index contributed by atoms with van der Waals surface area (Å²) in [6.45, 7) is 5.24.